The van der Waals surface area contributed by atoms with Gasteiger partial charge >= 0.3 is 0 Å². The first kappa shape index (κ1) is 25.4. The third-order valence-corrected chi connectivity index (χ3v) is 7.32. The molecule has 9 heteroatoms. The van der Waals surface area contributed by atoms with E-state index in [9.17, 15) is 9.59 Å². The minimum atomic E-state index is -0.598. The summed E-state index contributed by atoms with van der Waals surface area (Å²) in [4.78, 5) is 29.9. The molecule has 4 aromatic rings. The maximum atomic E-state index is 14.0. The Labute approximate surface area is 221 Å². The molecule has 196 valence electrons. The lowest BCUT2D eigenvalue weighted by molar-refractivity contribution is -0.129. The van der Waals surface area contributed by atoms with Crippen LogP contribution in [-0.4, -0.2) is 45.2 Å². The van der Waals surface area contributed by atoms with Gasteiger partial charge in [-0.15, -0.1) is 10.2 Å². The number of methoxy groups -OCH3 is 1. The molecule has 1 aromatic heterocycles. The summed E-state index contributed by atoms with van der Waals surface area (Å²) in [5.41, 5.74) is 3.68. The van der Waals surface area contributed by atoms with Crippen LogP contribution in [0.3, 0.4) is 0 Å². The molecule has 0 fully saturated rings. The minimum Gasteiger partial charge on any atom is -0.496 e. The maximum Gasteiger partial charge on any atom is 0.249 e. The van der Waals surface area contributed by atoms with Gasteiger partial charge in [-0.2, -0.15) is 4.80 Å². The van der Waals surface area contributed by atoms with E-state index >= 15 is 0 Å². The number of fused-ring (bicyclic) bond motifs is 2. The first-order valence-corrected chi connectivity index (χ1v) is 12.9. The monoisotopic (exact) mass is 512 g/mol. The number of para-hydroxylation sites is 1. The molecule has 0 spiro atoms. The summed E-state index contributed by atoms with van der Waals surface area (Å²) in [6, 6.07) is 17.2. The first-order valence-electron chi connectivity index (χ1n) is 12.9. The van der Waals surface area contributed by atoms with Gasteiger partial charge in [0, 0.05) is 22.7 Å². The number of amides is 2. The molecule has 1 N–H and O–H groups in total. The van der Waals surface area contributed by atoms with Crippen LogP contribution in [0.15, 0.2) is 54.6 Å². The summed E-state index contributed by atoms with van der Waals surface area (Å²) in [7, 11) is 3.37. The molecule has 0 bridgehead atoms. The summed E-state index contributed by atoms with van der Waals surface area (Å²) in [6.07, 6.45) is 1.97. The van der Waals surface area contributed by atoms with Crippen molar-refractivity contribution in [2.24, 2.45) is 13.0 Å². The second-order valence-corrected chi connectivity index (χ2v) is 9.75. The molecule has 3 aromatic carbocycles. The van der Waals surface area contributed by atoms with Gasteiger partial charge in [0.1, 0.15) is 11.8 Å². The van der Waals surface area contributed by atoms with Crippen LogP contribution in [0.4, 0.5) is 5.69 Å². The Bertz CT molecular complexity index is 1500. The van der Waals surface area contributed by atoms with Crippen molar-refractivity contribution >= 4 is 28.3 Å². The molecule has 38 heavy (non-hydrogen) atoms. The number of nitrogens with zero attached hydrogens (tertiary/aromatic N) is 5. The third-order valence-electron chi connectivity index (χ3n) is 7.32. The van der Waals surface area contributed by atoms with Crippen LogP contribution in [0.25, 0.3) is 22.2 Å². The Morgan fingerprint density at radius 2 is 2.00 bits per heavy atom. The molecule has 0 unspecified atom stereocenters. The zero-order valence-corrected chi connectivity index (χ0v) is 22.1. The summed E-state index contributed by atoms with van der Waals surface area (Å²) in [5, 5.41) is 17.3. The zero-order valence-electron chi connectivity index (χ0n) is 22.1. The van der Waals surface area contributed by atoms with Gasteiger partial charge in [-0.05, 0) is 59.0 Å². The fourth-order valence-corrected chi connectivity index (χ4v) is 4.94. The van der Waals surface area contributed by atoms with E-state index in [1.807, 2.05) is 62.4 Å². The van der Waals surface area contributed by atoms with Gasteiger partial charge in [0.05, 0.1) is 20.7 Å². The van der Waals surface area contributed by atoms with E-state index in [-0.39, 0.29) is 17.7 Å². The highest BCUT2D eigenvalue weighted by atomic mass is 16.5. The van der Waals surface area contributed by atoms with E-state index in [1.165, 1.54) is 4.80 Å². The molecule has 0 aliphatic carbocycles. The Morgan fingerprint density at radius 3 is 2.74 bits per heavy atom. The predicted molar refractivity (Wildman–Crippen MR) is 146 cm³/mol. The number of rotatable bonds is 7. The van der Waals surface area contributed by atoms with E-state index in [1.54, 1.807) is 19.1 Å². The quantitative estimate of drug-likeness (QED) is 0.401. The highest BCUT2D eigenvalue weighted by molar-refractivity contribution is 6.01. The van der Waals surface area contributed by atoms with Gasteiger partial charge in [-0.25, -0.2) is 0 Å². The fourth-order valence-electron chi connectivity index (χ4n) is 4.94. The number of anilines is 1. The Hall–Kier alpha value is -4.27. The molecule has 2 amide bonds. The largest absolute Gasteiger partial charge is 0.496 e. The average molecular weight is 513 g/mol. The van der Waals surface area contributed by atoms with E-state index in [0.717, 1.165) is 39.6 Å². The number of aromatic nitrogens is 4. The van der Waals surface area contributed by atoms with Crippen molar-refractivity contribution in [2.75, 3.05) is 12.0 Å². The summed E-state index contributed by atoms with van der Waals surface area (Å²) in [6.45, 7) is 4.16. The number of hydrogen-bond acceptors (Lipinski definition) is 6. The number of nitrogens with one attached hydrogen (secondary N) is 1. The van der Waals surface area contributed by atoms with Crippen molar-refractivity contribution in [3.63, 3.8) is 0 Å². The second-order valence-electron chi connectivity index (χ2n) is 9.75. The first-order chi connectivity index (χ1) is 18.4. The van der Waals surface area contributed by atoms with Crippen molar-refractivity contribution in [3.05, 3.63) is 65.7 Å². The average Bonchev–Trinajstić information content (AvgIpc) is 3.33. The number of hydrogen-bond donors (Lipinski definition) is 1. The second kappa shape index (κ2) is 10.6. The van der Waals surface area contributed by atoms with Gasteiger partial charge in [-0.3, -0.25) is 9.59 Å². The lowest BCUT2D eigenvalue weighted by atomic mass is 10.00. The molecule has 5 rings (SSSR count). The normalized spacial score (nSPS) is 16.2. The molecule has 1 aliphatic heterocycles. The molecule has 2 atom stereocenters. The van der Waals surface area contributed by atoms with Gasteiger partial charge in [0.25, 0.3) is 0 Å². The smallest absolute Gasteiger partial charge is 0.249 e. The fraction of sp³-hybridized carbons (Fsp3) is 0.345. The van der Waals surface area contributed by atoms with E-state index in [0.29, 0.717) is 31.0 Å². The van der Waals surface area contributed by atoms with Gasteiger partial charge < -0.3 is 15.0 Å². The highest BCUT2D eigenvalue weighted by Gasteiger charge is 2.33. The topological polar surface area (TPSA) is 102 Å². The molecular formula is C29H32N6O3. The molecule has 0 saturated carbocycles. The van der Waals surface area contributed by atoms with Crippen LogP contribution in [-0.2, 0) is 29.6 Å². The van der Waals surface area contributed by atoms with Crippen LogP contribution < -0.4 is 15.0 Å². The number of carbonyl (C=O) groups excluding carboxylic acids is 2. The molecule has 1 aliphatic rings. The molecular weight excluding hydrogens is 480 g/mol. The van der Waals surface area contributed by atoms with Crippen LogP contribution in [0.5, 0.6) is 5.75 Å². The lowest BCUT2D eigenvalue weighted by Gasteiger charge is -2.28. The highest BCUT2D eigenvalue weighted by Crippen LogP contribution is 2.35. The Morgan fingerprint density at radius 1 is 1.18 bits per heavy atom. The lowest BCUT2D eigenvalue weighted by Crippen LogP contribution is -2.49. The van der Waals surface area contributed by atoms with Crippen molar-refractivity contribution < 1.29 is 14.3 Å². The molecule has 9 nitrogen and oxygen atoms in total. The van der Waals surface area contributed by atoms with Crippen molar-refractivity contribution in [1.82, 2.24) is 25.5 Å². The Balaban J connectivity index is 1.56. The van der Waals surface area contributed by atoms with Crippen LogP contribution in [0.2, 0.25) is 0 Å². The van der Waals surface area contributed by atoms with Crippen molar-refractivity contribution in [1.29, 1.82) is 0 Å². The van der Waals surface area contributed by atoms with Gasteiger partial charge in [0.2, 0.25) is 17.6 Å². The minimum absolute atomic E-state index is 0.0929. The Kier molecular flexibility index (Phi) is 7.09. The maximum absolute atomic E-state index is 14.0. The number of carbonyl (C=O) groups is 2. The predicted octanol–water partition coefficient (Wildman–Crippen LogP) is 4.05. The summed E-state index contributed by atoms with van der Waals surface area (Å²) in [5.74, 6) is 0.870. The van der Waals surface area contributed by atoms with Gasteiger partial charge in [-0.1, -0.05) is 50.2 Å². The van der Waals surface area contributed by atoms with E-state index < -0.39 is 6.04 Å². The van der Waals surface area contributed by atoms with E-state index in [2.05, 4.69) is 26.8 Å². The summed E-state index contributed by atoms with van der Waals surface area (Å²) < 4.78 is 5.76. The molecule has 2 heterocycles. The number of tetrazole rings is 1. The van der Waals surface area contributed by atoms with Crippen LogP contribution in [0.1, 0.15) is 37.8 Å². The standard InChI is InChI=1S/C29H32N6O3/c1-5-18(2)28(36)30-24-14-11-19-8-6-7-9-25(19)35(29(24)37)17-23-22-13-10-21(27-31-33-34(3)32-27)16-20(22)12-15-26(23)38-4/h6-10,12-13,15-16,18,24H,5,11,14,17H2,1-4H3,(H,30,36)/t18-,24+/m1/s1. The van der Waals surface area contributed by atoms with Crippen LogP contribution in [0, 0.1) is 5.92 Å². The molecule has 0 radical (unpaired) electrons. The number of benzene rings is 3. The zero-order chi connectivity index (χ0) is 26.8. The SMILES string of the molecule is CC[C@@H](C)C(=O)N[C@H]1CCc2ccccc2N(Cc2c(OC)ccc3cc(-c4nnn(C)n4)ccc23)C1=O. The summed E-state index contributed by atoms with van der Waals surface area (Å²) >= 11 is 0. The number of ether oxygens (including phenoxy) is 1. The van der Waals surface area contributed by atoms with Crippen molar-refractivity contribution in [2.45, 2.75) is 45.7 Å². The van der Waals surface area contributed by atoms with E-state index in [4.69, 9.17) is 4.74 Å². The number of aryl methyl sites for hydroxylation is 2. The van der Waals surface area contributed by atoms with Crippen LogP contribution >= 0.6 is 0 Å². The third kappa shape index (κ3) is 4.83. The van der Waals surface area contributed by atoms with Gasteiger partial charge in [0.15, 0.2) is 0 Å². The van der Waals surface area contributed by atoms with Crippen molar-refractivity contribution in [3.8, 4) is 17.1 Å². The molecule has 0 saturated heterocycles.